The highest BCUT2D eigenvalue weighted by Crippen LogP contribution is 2.12. The molecule has 0 aromatic heterocycles. The fraction of sp³-hybridized carbons (Fsp3) is 0.200. The third-order valence-electron chi connectivity index (χ3n) is 2.07. The van der Waals surface area contributed by atoms with Crippen LogP contribution in [0.1, 0.15) is 18.1 Å². The Labute approximate surface area is 94.2 Å². The molecule has 4 nitrogen and oxygen atoms in total. The Balaban J connectivity index is 3.17. The van der Waals surface area contributed by atoms with E-state index < -0.39 is 0 Å². The highest BCUT2D eigenvalue weighted by atomic mass is 32.1. The lowest BCUT2D eigenvalue weighted by atomic mass is 10.1. The second-order valence-electron chi connectivity index (χ2n) is 3.18. The number of thiocarbonyl (C=S) groups is 1. The Morgan fingerprint density at radius 3 is 2.60 bits per heavy atom. The monoisotopic (exact) mass is 223 g/mol. The summed E-state index contributed by atoms with van der Waals surface area (Å²) < 4.78 is 0. The molecule has 0 radical (unpaired) electrons. The summed E-state index contributed by atoms with van der Waals surface area (Å²) in [6.45, 7) is 2.06. The van der Waals surface area contributed by atoms with Gasteiger partial charge >= 0.3 is 0 Å². The quantitative estimate of drug-likeness (QED) is 0.221. The van der Waals surface area contributed by atoms with Crippen molar-refractivity contribution in [2.45, 2.75) is 13.3 Å². The van der Waals surface area contributed by atoms with Crippen LogP contribution in [0, 0.1) is 0 Å². The van der Waals surface area contributed by atoms with Gasteiger partial charge in [-0.2, -0.15) is 0 Å². The lowest BCUT2D eigenvalue weighted by Crippen LogP contribution is -2.81. The number of nitrogen functional groups attached to an aromatic ring is 2. The van der Waals surface area contributed by atoms with Crippen LogP contribution in [0.4, 0.5) is 5.69 Å². The molecule has 7 N–H and O–H groups in total. The molecule has 0 fully saturated rings. The smallest absolute Gasteiger partial charge is 0.285 e. The molecule has 0 bridgehead atoms. The van der Waals surface area contributed by atoms with Crippen LogP contribution < -0.4 is 22.2 Å². The van der Waals surface area contributed by atoms with Gasteiger partial charge in [0.05, 0.1) is 5.56 Å². The molecule has 0 saturated heterocycles. The third-order valence-corrected chi connectivity index (χ3v) is 2.18. The average molecular weight is 223 g/mol. The van der Waals surface area contributed by atoms with Gasteiger partial charge in [0.2, 0.25) is 5.84 Å². The van der Waals surface area contributed by atoms with Gasteiger partial charge in [-0.1, -0.05) is 13.0 Å². The Bertz CT molecular complexity index is 412. The summed E-state index contributed by atoms with van der Waals surface area (Å²) in [5, 5.41) is 0.133. The van der Waals surface area contributed by atoms with Crippen LogP contribution in [0.2, 0.25) is 0 Å². The van der Waals surface area contributed by atoms with Crippen molar-refractivity contribution in [3.05, 3.63) is 29.3 Å². The molecule has 1 rings (SSSR count). The predicted octanol–water partition coefficient (Wildman–Crippen LogP) is -1.14. The van der Waals surface area contributed by atoms with E-state index in [1.165, 1.54) is 0 Å². The van der Waals surface area contributed by atoms with Gasteiger partial charge < -0.3 is 17.2 Å². The summed E-state index contributed by atoms with van der Waals surface area (Å²) in [7, 11) is 0. The lowest BCUT2D eigenvalue weighted by molar-refractivity contribution is -0.313. The average Bonchev–Trinajstić information content (AvgIpc) is 2.17. The summed E-state index contributed by atoms with van der Waals surface area (Å²) in [5.74, 6) is 0.385. The number of anilines is 1. The molecule has 0 saturated carbocycles. The minimum atomic E-state index is 0.133. The summed E-state index contributed by atoms with van der Waals surface area (Å²) in [6, 6.07) is 5.71. The first-order chi connectivity index (χ1) is 7.04. The van der Waals surface area contributed by atoms with Crippen molar-refractivity contribution in [2.24, 2.45) is 11.5 Å². The molecule has 0 spiro atoms. The lowest BCUT2D eigenvalue weighted by Gasteiger charge is -2.04. The molecule has 0 heterocycles. The number of aryl methyl sites for hydroxylation is 1. The molecular weight excluding hydrogens is 208 g/mol. The standard InChI is InChI=1S/C10H14N4S/c1-2-6-3-4-8(11)7(5-6)9(12)14-10(13)15/h3-5H,2,11H2,1H3,(H4,12,13,14,15)/p+1. The normalized spacial score (nSPS) is 11.4. The van der Waals surface area contributed by atoms with Crippen molar-refractivity contribution in [2.75, 3.05) is 5.73 Å². The zero-order valence-electron chi connectivity index (χ0n) is 8.58. The first kappa shape index (κ1) is 11.5. The number of hydrogen-bond donors (Lipinski definition) is 4. The number of hydrogen-bond acceptors (Lipinski definition) is 2. The minimum absolute atomic E-state index is 0.133. The van der Waals surface area contributed by atoms with Crippen LogP contribution >= 0.6 is 12.2 Å². The van der Waals surface area contributed by atoms with Crippen molar-refractivity contribution in [3.8, 4) is 0 Å². The molecule has 0 aliphatic heterocycles. The molecule has 0 aliphatic rings. The highest BCUT2D eigenvalue weighted by Gasteiger charge is 2.08. The number of benzene rings is 1. The molecule has 15 heavy (non-hydrogen) atoms. The second kappa shape index (κ2) is 4.75. The largest absolute Gasteiger partial charge is 0.398 e. The van der Waals surface area contributed by atoms with Gasteiger partial charge in [-0.25, -0.2) is 4.99 Å². The SMILES string of the molecule is CCc1ccc(N)c(/C(N)=[NH+]/C(N)=S)c1. The summed E-state index contributed by atoms with van der Waals surface area (Å²) in [6.07, 6.45) is 0.924. The first-order valence-electron chi connectivity index (χ1n) is 4.62. The molecule has 0 amide bonds. The molecule has 1 aromatic carbocycles. The fourth-order valence-electron chi connectivity index (χ4n) is 1.26. The summed E-state index contributed by atoms with van der Waals surface area (Å²) >= 11 is 4.70. The van der Waals surface area contributed by atoms with Crippen molar-refractivity contribution in [3.63, 3.8) is 0 Å². The van der Waals surface area contributed by atoms with E-state index in [9.17, 15) is 0 Å². The van der Waals surface area contributed by atoms with E-state index in [0.717, 1.165) is 17.5 Å². The van der Waals surface area contributed by atoms with Crippen LogP contribution in [-0.4, -0.2) is 10.9 Å². The van der Waals surface area contributed by atoms with Crippen LogP contribution in [0.15, 0.2) is 18.2 Å². The Morgan fingerprint density at radius 2 is 2.07 bits per heavy atom. The molecule has 0 unspecified atom stereocenters. The van der Waals surface area contributed by atoms with Gasteiger partial charge in [-0.15, -0.1) is 0 Å². The Morgan fingerprint density at radius 1 is 1.40 bits per heavy atom. The van der Waals surface area contributed by atoms with Crippen LogP contribution in [0.5, 0.6) is 0 Å². The van der Waals surface area contributed by atoms with Crippen molar-refractivity contribution < 1.29 is 4.99 Å². The van der Waals surface area contributed by atoms with E-state index in [2.05, 4.69) is 11.9 Å². The van der Waals surface area contributed by atoms with Gasteiger partial charge in [0.15, 0.2) is 0 Å². The molecular formula is C10H15N4S+. The number of nitrogens with one attached hydrogen (secondary N) is 1. The van der Waals surface area contributed by atoms with Crippen molar-refractivity contribution in [1.82, 2.24) is 0 Å². The molecule has 0 atom stereocenters. The molecule has 80 valence electrons. The van der Waals surface area contributed by atoms with E-state index in [1.807, 2.05) is 18.2 Å². The highest BCUT2D eigenvalue weighted by molar-refractivity contribution is 7.79. The Hall–Kier alpha value is -1.62. The maximum Gasteiger partial charge on any atom is 0.285 e. The topological polar surface area (TPSA) is 92.0 Å². The molecule has 0 aliphatic carbocycles. The summed E-state index contributed by atoms with van der Waals surface area (Å²) in [5.41, 5.74) is 19.4. The van der Waals surface area contributed by atoms with E-state index in [4.69, 9.17) is 29.4 Å². The third kappa shape index (κ3) is 2.92. The Kier molecular flexibility index (Phi) is 3.62. The van der Waals surface area contributed by atoms with E-state index in [1.54, 1.807) is 0 Å². The van der Waals surface area contributed by atoms with Gasteiger partial charge in [0.25, 0.3) is 5.11 Å². The number of rotatable bonds is 2. The zero-order valence-corrected chi connectivity index (χ0v) is 9.40. The summed E-state index contributed by atoms with van der Waals surface area (Å²) in [4.78, 5) is 2.67. The van der Waals surface area contributed by atoms with E-state index in [-0.39, 0.29) is 5.11 Å². The van der Waals surface area contributed by atoms with Crippen molar-refractivity contribution >= 4 is 28.9 Å². The molecule has 1 aromatic rings. The number of nitrogens with two attached hydrogens (primary N) is 3. The van der Waals surface area contributed by atoms with Gasteiger partial charge in [-0.05, 0) is 36.3 Å². The van der Waals surface area contributed by atoms with Crippen LogP contribution in [-0.2, 0) is 6.42 Å². The predicted molar refractivity (Wildman–Crippen MR) is 66.3 cm³/mol. The minimum Gasteiger partial charge on any atom is -0.398 e. The first-order valence-corrected chi connectivity index (χ1v) is 5.03. The van der Waals surface area contributed by atoms with Crippen LogP contribution in [0.3, 0.4) is 0 Å². The van der Waals surface area contributed by atoms with E-state index in [0.29, 0.717) is 11.5 Å². The zero-order chi connectivity index (χ0) is 11.4. The van der Waals surface area contributed by atoms with Gasteiger partial charge in [0.1, 0.15) is 0 Å². The van der Waals surface area contributed by atoms with Gasteiger partial charge in [0, 0.05) is 5.69 Å². The maximum atomic E-state index is 5.80. The van der Waals surface area contributed by atoms with Gasteiger partial charge in [-0.3, -0.25) is 0 Å². The fourth-order valence-corrected chi connectivity index (χ4v) is 1.37. The second-order valence-corrected chi connectivity index (χ2v) is 3.62. The molecule has 5 heteroatoms. The van der Waals surface area contributed by atoms with Crippen LogP contribution in [0.25, 0.3) is 0 Å². The number of amidine groups is 1. The van der Waals surface area contributed by atoms with E-state index >= 15 is 0 Å². The van der Waals surface area contributed by atoms with Crippen molar-refractivity contribution in [1.29, 1.82) is 0 Å². The maximum absolute atomic E-state index is 5.80.